The average Bonchev–Trinajstić information content (AvgIpc) is 2.10. The van der Waals surface area contributed by atoms with E-state index in [2.05, 4.69) is 5.32 Å². The lowest BCUT2D eigenvalue weighted by Gasteiger charge is -2.25. The van der Waals surface area contributed by atoms with Crippen LogP contribution in [0.4, 0.5) is 4.79 Å². The van der Waals surface area contributed by atoms with Gasteiger partial charge in [-0.25, -0.2) is 4.79 Å². The summed E-state index contributed by atoms with van der Waals surface area (Å²) < 4.78 is 5.02. The molecule has 15 heavy (non-hydrogen) atoms. The third-order valence-electron chi connectivity index (χ3n) is 1.79. The van der Waals surface area contributed by atoms with Crippen LogP contribution in [0, 0.1) is 0 Å². The summed E-state index contributed by atoms with van der Waals surface area (Å²) in [5.74, 6) is 0. The van der Waals surface area contributed by atoms with E-state index in [-0.39, 0.29) is 6.61 Å². The Bertz CT molecular complexity index is 200. The van der Waals surface area contributed by atoms with Crippen molar-refractivity contribution in [3.8, 4) is 0 Å². The standard InChI is InChI=1S/C10H21NO4/c1-5-7(8(13)6-12)11-9(14)15-10(2,3)4/h7-8,12-13H,5-6H2,1-4H3,(H,11,14)/t7-,8+/m0/s1. The normalized spacial score (nSPS) is 15.6. The number of hydrogen-bond donors (Lipinski definition) is 3. The minimum Gasteiger partial charge on any atom is -0.444 e. The van der Waals surface area contributed by atoms with Crippen LogP contribution in [0.15, 0.2) is 0 Å². The zero-order valence-electron chi connectivity index (χ0n) is 9.78. The van der Waals surface area contributed by atoms with Crippen LogP contribution < -0.4 is 5.32 Å². The van der Waals surface area contributed by atoms with E-state index >= 15 is 0 Å². The number of aliphatic hydroxyl groups excluding tert-OH is 2. The maximum atomic E-state index is 11.3. The molecule has 5 heteroatoms. The van der Waals surface area contributed by atoms with Gasteiger partial charge in [0.15, 0.2) is 0 Å². The van der Waals surface area contributed by atoms with Crippen molar-refractivity contribution in [3.05, 3.63) is 0 Å². The SMILES string of the molecule is CC[C@H](NC(=O)OC(C)(C)C)[C@H](O)CO. The number of ether oxygens (including phenoxy) is 1. The average molecular weight is 219 g/mol. The molecular weight excluding hydrogens is 198 g/mol. The van der Waals surface area contributed by atoms with Gasteiger partial charge in [0.05, 0.1) is 18.8 Å². The van der Waals surface area contributed by atoms with Gasteiger partial charge in [0.25, 0.3) is 0 Å². The molecule has 0 bridgehead atoms. The molecule has 3 N–H and O–H groups in total. The molecule has 0 aliphatic rings. The first-order valence-corrected chi connectivity index (χ1v) is 5.08. The lowest BCUT2D eigenvalue weighted by atomic mass is 10.1. The highest BCUT2D eigenvalue weighted by Gasteiger charge is 2.22. The topological polar surface area (TPSA) is 78.8 Å². The molecule has 2 atom stereocenters. The summed E-state index contributed by atoms with van der Waals surface area (Å²) >= 11 is 0. The van der Waals surface area contributed by atoms with Gasteiger partial charge in [-0.3, -0.25) is 0 Å². The number of hydrogen-bond acceptors (Lipinski definition) is 4. The number of carbonyl (C=O) groups excluding carboxylic acids is 1. The molecule has 0 aromatic rings. The molecule has 1 amide bonds. The smallest absolute Gasteiger partial charge is 0.407 e. The van der Waals surface area contributed by atoms with E-state index in [0.717, 1.165) is 0 Å². The van der Waals surface area contributed by atoms with E-state index in [1.165, 1.54) is 0 Å². The summed E-state index contributed by atoms with van der Waals surface area (Å²) in [4.78, 5) is 11.3. The molecule has 0 aromatic heterocycles. The van der Waals surface area contributed by atoms with Crippen molar-refractivity contribution >= 4 is 6.09 Å². The highest BCUT2D eigenvalue weighted by Crippen LogP contribution is 2.07. The number of nitrogens with one attached hydrogen (secondary N) is 1. The van der Waals surface area contributed by atoms with Gasteiger partial charge in [-0.05, 0) is 27.2 Å². The predicted molar refractivity (Wildman–Crippen MR) is 56.5 cm³/mol. The molecule has 0 unspecified atom stereocenters. The van der Waals surface area contributed by atoms with Crippen molar-refractivity contribution in [3.63, 3.8) is 0 Å². The van der Waals surface area contributed by atoms with Crippen LogP contribution >= 0.6 is 0 Å². The number of carbonyl (C=O) groups is 1. The Morgan fingerprint density at radius 3 is 2.33 bits per heavy atom. The Hall–Kier alpha value is -0.810. The molecule has 0 saturated heterocycles. The Morgan fingerprint density at radius 2 is 2.00 bits per heavy atom. The van der Waals surface area contributed by atoms with Crippen molar-refractivity contribution in [1.82, 2.24) is 5.32 Å². The quantitative estimate of drug-likeness (QED) is 0.648. The van der Waals surface area contributed by atoms with Gasteiger partial charge in [-0.1, -0.05) is 6.92 Å². The molecule has 0 fully saturated rings. The molecule has 0 radical (unpaired) electrons. The van der Waals surface area contributed by atoms with Gasteiger partial charge in [0.2, 0.25) is 0 Å². The summed E-state index contributed by atoms with van der Waals surface area (Å²) in [6.07, 6.45) is -1.01. The first kappa shape index (κ1) is 14.2. The summed E-state index contributed by atoms with van der Waals surface area (Å²) in [5.41, 5.74) is -0.563. The van der Waals surface area contributed by atoms with Crippen LogP contribution in [0.3, 0.4) is 0 Å². The fourth-order valence-corrected chi connectivity index (χ4v) is 1.06. The van der Waals surface area contributed by atoms with E-state index in [0.29, 0.717) is 6.42 Å². The van der Waals surface area contributed by atoms with E-state index in [1.807, 2.05) is 0 Å². The maximum absolute atomic E-state index is 11.3. The third kappa shape index (κ3) is 6.30. The highest BCUT2D eigenvalue weighted by atomic mass is 16.6. The van der Waals surface area contributed by atoms with Gasteiger partial charge in [0, 0.05) is 0 Å². The molecule has 0 saturated carbocycles. The highest BCUT2D eigenvalue weighted by molar-refractivity contribution is 5.68. The van der Waals surface area contributed by atoms with Crippen LogP contribution in [0.25, 0.3) is 0 Å². The predicted octanol–water partition coefficient (Wildman–Crippen LogP) is 0.643. The van der Waals surface area contributed by atoms with E-state index in [4.69, 9.17) is 9.84 Å². The first-order valence-electron chi connectivity index (χ1n) is 5.08. The summed E-state index contributed by atoms with van der Waals surface area (Å²) in [6.45, 7) is 6.71. The molecule has 0 aliphatic carbocycles. The van der Waals surface area contributed by atoms with Gasteiger partial charge in [0.1, 0.15) is 5.60 Å². The molecule has 0 rings (SSSR count). The Morgan fingerprint density at radius 1 is 1.47 bits per heavy atom. The fraction of sp³-hybridized carbons (Fsp3) is 0.900. The zero-order valence-corrected chi connectivity index (χ0v) is 9.78. The molecule has 5 nitrogen and oxygen atoms in total. The van der Waals surface area contributed by atoms with Crippen LogP contribution in [0.1, 0.15) is 34.1 Å². The summed E-state index contributed by atoms with van der Waals surface area (Å²) in [6, 6.07) is -0.482. The van der Waals surface area contributed by atoms with Gasteiger partial charge >= 0.3 is 6.09 Å². The Balaban J connectivity index is 4.13. The number of aliphatic hydroxyl groups is 2. The molecular formula is C10H21NO4. The second kappa shape index (κ2) is 5.92. The molecule has 0 aliphatic heterocycles. The second-order valence-corrected chi connectivity index (χ2v) is 4.41. The van der Waals surface area contributed by atoms with Crippen LogP contribution in [-0.2, 0) is 4.74 Å². The lowest BCUT2D eigenvalue weighted by molar-refractivity contribution is 0.0313. The monoisotopic (exact) mass is 219 g/mol. The van der Waals surface area contributed by atoms with Gasteiger partial charge < -0.3 is 20.3 Å². The largest absolute Gasteiger partial charge is 0.444 e. The Kier molecular flexibility index (Phi) is 5.60. The van der Waals surface area contributed by atoms with Crippen LogP contribution in [0.5, 0.6) is 0 Å². The lowest BCUT2D eigenvalue weighted by Crippen LogP contribution is -2.46. The summed E-state index contributed by atoms with van der Waals surface area (Å²) in [5, 5.41) is 20.6. The van der Waals surface area contributed by atoms with Crippen molar-refractivity contribution in [2.45, 2.75) is 51.9 Å². The van der Waals surface area contributed by atoms with E-state index < -0.39 is 23.8 Å². The first-order chi connectivity index (χ1) is 6.80. The Labute approximate surface area is 90.4 Å². The second-order valence-electron chi connectivity index (χ2n) is 4.41. The number of amides is 1. The van der Waals surface area contributed by atoms with Crippen molar-refractivity contribution < 1.29 is 19.7 Å². The third-order valence-corrected chi connectivity index (χ3v) is 1.79. The van der Waals surface area contributed by atoms with Gasteiger partial charge in [-0.2, -0.15) is 0 Å². The van der Waals surface area contributed by atoms with Crippen LogP contribution in [-0.4, -0.2) is 40.7 Å². The zero-order chi connectivity index (χ0) is 12.1. The van der Waals surface area contributed by atoms with Crippen molar-refractivity contribution in [2.75, 3.05) is 6.61 Å². The maximum Gasteiger partial charge on any atom is 0.407 e. The number of rotatable bonds is 4. The minimum atomic E-state index is -0.956. The van der Waals surface area contributed by atoms with Crippen LogP contribution in [0.2, 0.25) is 0 Å². The van der Waals surface area contributed by atoms with Gasteiger partial charge in [-0.15, -0.1) is 0 Å². The molecule has 0 aromatic carbocycles. The van der Waals surface area contributed by atoms with Crippen molar-refractivity contribution in [1.29, 1.82) is 0 Å². The minimum absolute atomic E-state index is 0.381. The number of alkyl carbamates (subject to hydrolysis) is 1. The van der Waals surface area contributed by atoms with E-state index in [1.54, 1.807) is 27.7 Å². The molecule has 90 valence electrons. The van der Waals surface area contributed by atoms with Crippen molar-refractivity contribution in [2.24, 2.45) is 0 Å². The fourth-order valence-electron chi connectivity index (χ4n) is 1.06. The van der Waals surface area contributed by atoms with E-state index in [9.17, 15) is 9.90 Å². The molecule has 0 heterocycles. The molecule has 0 spiro atoms. The summed E-state index contributed by atoms with van der Waals surface area (Å²) in [7, 11) is 0.